The topological polar surface area (TPSA) is 80.4 Å². The molecule has 0 fully saturated rings. The van der Waals surface area contributed by atoms with Crippen molar-refractivity contribution in [3.8, 4) is 0 Å². The van der Waals surface area contributed by atoms with Crippen molar-refractivity contribution in [2.24, 2.45) is 5.10 Å². The van der Waals surface area contributed by atoms with Gasteiger partial charge in [0.15, 0.2) is 0 Å². The van der Waals surface area contributed by atoms with Crippen molar-refractivity contribution in [1.29, 1.82) is 0 Å². The highest BCUT2D eigenvalue weighted by atomic mass is 127. The van der Waals surface area contributed by atoms with Crippen LogP contribution in [-0.2, 0) is 0 Å². The summed E-state index contributed by atoms with van der Waals surface area (Å²) in [5.41, 5.74) is 3.61. The minimum atomic E-state index is -0.494. The largest absolute Gasteiger partial charge is 0.287 e. The molecule has 0 aliphatic carbocycles. The molecule has 1 N–H and O–H groups in total. The first-order valence-electron chi connectivity index (χ1n) is 5.30. The molecular formula is C12H9IN4O2. The minimum absolute atomic E-state index is 0.0489. The molecule has 0 atom stereocenters. The summed E-state index contributed by atoms with van der Waals surface area (Å²) in [6.45, 7) is 0. The Morgan fingerprint density at radius 3 is 2.58 bits per heavy atom. The van der Waals surface area contributed by atoms with Crippen LogP contribution < -0.4 is 5.43 Å². The lowest BCUT2D eigenvalue weighted by Gasteiger charge is -1.98. The Kier molecular flexibility index (Phi) is 4.39. The van der Waals surface area contributed by atoms with Crippen molar-refractivity contribution < 1.29 is 4.92 Å². The maximum absolute atomic E-state index is 10.5. The number of anilines is 1. The van der Waals surface area contributed by atoms with Gasteiger partial charge in [0.2, 0.25) is 0 Å². The Balaban J connectivity index is 1.98. The van der Waals surface area contributed by atoms with E-state index in [9.17, 15) is 10.1 Å². The number of nitrogens with one attached hydrogen (secondary N) is 1. The number of halogens is 1. The average Bonchev–Trinajstić information content (AvgIpc) is 2.41. The van der Waals surface area contributed by atoms with Gasteiger partial charge in [-0.15, -0.1) is 0 Å². The van der Waals surface area contributed by atoms with Crippen LogP contribution in [0.3, 0.4) is 0 Å². The van der Waals surface area contributed by atoms with E-state index in [0.29, 0.717) is 5.82 Å². The van der Waals surface area contributed by atoms with E-state index in [1.807, 2.05) is 24.3 Å². The summed E-state index contributed by atoms with van der Waals surface area (Å²) in [6, 6.07) is 10.7. The highest BCUT2D eigenvalue weighted by molar-refractivity contribution is 14.1. The summed E-state index contributed by atoms with van der Waals surface area (Å²) >= 11 is 2.23. The van der Waals surface area contributed by atoms with Crippen molar-refractivity contribution in [2.75, 3.05) is 5.43 Å². The molecule has 0 saturated heterocycles. The third kappa shape index (κ3) is 3.98. The molecule has 0 saturated carbocycles. The number of hydrogen-bond acceptors (Lipinski definition) is 5. The number of nitrogens with zero attached hydrogens (tertiary/aromatic N) is 3. The van der Waals surface area contributed by atoms with Gasteiger partial charge in [-0.05, 0) is 46.4 Å². The summed E-state index contributed by atoms with van der Waals surface area (Å²) in [5.74, 6) is 0.451. The SMILES string of the molecule is O=[N+]([O-])c1ccc(N/N=C/c2ccc(I)cc2)nc1. The highest BCUT2D eigenvalue weighted by Crippen LogP contribution is 2.11. The summed E-state index contributed by atoms with van der Waals surface area (Å²) in [6.07, 6.45) is 2.84. The Hall–Kier alpha value is -2.03. The van der Waals surface area contributed by atoms with E-state index >= 15 is 0 Å². The normalized spacial score (nSPS) is 10.6. The predicted octanol–water partition coefficient (Wildman–Crippen LogP) is 3.04. The van der Waals surface area contributed by atoms with E-state index < -0.39 is 4.92 Å². The van der Waals surface area contributed by atoms with Crippen LogP contribution in [0, 0.1) is 13.7 Å². The maximum Gasteiger partial charge on any atom is 0.287 e. The summed E-state index contributed by atoms with van der Waals surface area (Å²) in [4.78, 5) is 13.8. The zero-order valence-corrected chi connectivity index (χ0v) is 11.8. The molecule has 2 rings (SSSR count). The van der Waals surface area contributed by atoms with E-state index in [1.54, 1.807) is 6.21 Å². The van der Waals surface area contributed by atoms with Gasteiger partial charge in [0.05, 0.1) is 11.1 Å². The molecule has 0 radical (unpaired) electrons. The summed E-state index contributed by atoms with van der Waals surface area (Å²) in [7, 11) is 0. The fourth-order valence-electron chi connectivity index (χ4n) is 1.28. The highest BCUT2D eigenvalue weighted by Gasteiger charge is 2.04. The first-order chi connectivity index (χ1) is 9.15. The molecule has 0 unspecified atom stereocenters. The number of hydrazone groups is 1. The minimum Gasteiger partial charge on any atom is -0.261 e. The lowest BCUT2D eigenvalue weighted by molar-refractivity contribution is -0.385. The van der Waals surface area contributed by atoms with Crippen LogP contribution in [0.4, 0.5) is 11.5 Å². The molecule has 0 bridgehead atoms. The molecule has 0 aliphatic rings. The molecule has 7 heteroatoms. The first-order valence-corrected chi connectivity index (χ1v) is 6.38. The Morgan fingerprint density at radius 1 is 1.26 bits per heavy atom. The molecule has 19 heavy (non-hydrogen) atoms. The van der Waals surface area contributed by atoms with Crippen molar-refractivity contribution >= 4 is 40.3 Å². The third-order valence-corrected chi connectivity index (χ3v) is 2.94. The van der Waals surface area contributed by atoms with Crippen LogP contribution in [-0.4, -0.2) is 16.1 Å². The molecule has 2 aromatic rings. The zero-order valence-electron chi connectivity index (χ0n) is 9.65. The zero-order chi connectivity index (χ0) is 13.7. The van der Waals surface area contributed by atoms with Crippen molar-refractivity contribution in [1.82, 2.24) is 4.98 Å². The van der Waals surface area contributed by atoms with Crippen molar-refractivity contribution in [3.05, 3.63) is 61.8 Å². The summed E-state index contributed by atoms with van der Waals surface area (Å²) in [5, 5.41) is 14.5. The number of hydrogen-bond donors (Lipinski definition) is 1. The van der Waals surface area contributed by atoms with Crippen molar-refractivity contribution in [2.45, 2.75) is 0 Å². The van der Waals surface area contributed by atoms with E-state index in [4.69, 9.17) is 0 Å². The molecule has 0 amide bonds. The van der Waals surface area contributed by atoms with Gasteiger partial charge < -0.3 is 0 Å². The van der Waals surface area contributed by atoms with Crippen LogP contribution >= 0.6 is 22.6 Å². The van der Waals surface area contributed by atoms with E-state index in [1.165, 1.54) is 18.3 Å². The fourth-order valence-corrected chi connectivity index (χ4v) is 1.64. The molecule has 1 heterocycles. The fraction of sp³-hybridized carbons (Fsp3) is 0. The lowest BCUT2D eigenvalue weighted by Crippen LogP contribution is -1.95. The number of pyridine rings is 1. The van der Waals surface area contributed by atoms with Gasteiger partial charge in [-0.1, -0.05) is 12.1 Å². The third-order valence-electron chi connectivity index (χ3n) is 2.22. The van der Waals surface area contributed by atoms with Crippen LogP contribution in [0.25, 0.3) is 0 Å². The first kappa shape index (κ1) is 13.4. The van der Waals surface area contributed by atoms with Gasteiger partial charge in [-0.3, -0.25) is 15.5 Å². The van der Waals surface area contributed by atoms with Gasteiger partial charge in [-0.2, -0.15) is 5.10 Å². The molecule has 0 aliphatic heterocycles. The molecule has 96 valence electrons. The van der Waals surface area contributed by atoms with E-state index in [2.05, 4.69) is 38.1 Å². The summed E-state index contributed by atoms with van der Waals surface area (Å²) < 4.78 is 1.15. The van der Waals surface area contributed by atoms with Crippen molar-refractivity contribution in [3.63, 3.8) is 0 Å². The molecular weight excluding hydrogens is 359 g/mol. The Bertz CT molecular complexity index is 596. The molecule has 1 aromatic carbocycles. The van der Waals surface area contributed by atoms with Crippen LogP contribution in [0.1, 0.15) is 5.56 Å². The van der Waals surface area contributed by atoms with Gasteiger partial charge in [0.1, 0.15) is 12.0 Å². The number of aromatic nitrogens is 1. The number of nitro groups is 1. The van der Waals surface area contributed by atoms with Gasteiger partial charge in [0, 0.05) is 9.64 Å². The lowest BCUT2D eigenvalue weighted by atomic mass is 10.2. The second-order valence-corrected chi connectivity index (χ2v) is 4.83. The smallest absolute Gasteiger partial charge is 0.261 e. The second kappa shape index (κ2) is 6.23. The second-order valence-electron chi connectivity index (χ2n) is 3.58. The van der Waals surface area contributed by atoms with Crippen LogP contribution in [0.15, 0.2) is 47.7 Å². The monoisotopic (exact) mass is 368 g/mol. The van der Waals surface area contributed by atoms with Gasteiger partial charge >= 0.3 is 0 Å². The Morgan fingerprint density at radius 2 is 2.00 bits per heavy atom. The molecule has 1 aromatic heterocycles. The van der Waals surface area contributed by atoms with Gasteiger partial charge in [0.25, 0.3) is 5.69 Å². The standard InChI is InChI=1S/C12H9IN4O2/c13-10-3-1-9(2-4-10)7-15-16-12-6-5-11(8-14-12)17(18)19/h1-8H,(H,14,16)/b15-7+. The van der Waals surface area contributed by atoms with Crippen LogP contribution in [0.2, 0.25) is 0 Å². The van der Waals surface area contributed by atoms with E-state index in [-0.39, 0.29) is 5.69 Å². The van der Waals surface area contributed by atoms with Gasteiger partial charge in [-0.25, -0.2) is 4.98 Å². The maximum atomic E-state index is 10.5. The quantitative estimate of drug-likeness (QED) is 0.389. The van der Waals surface area contributed by atoms with Crippen LogP contribution in [0.5, 0.6) is 0 Å². The molecule has 6 nitrogen and oxygen atoms in total. The molecule has 0 spiro atoms. The van der Waals surface area contributed by atoms with E-state index in [0.717, 1.165) is 9.13 Å². The average molecular weight is 368 g/mol. The predicted molar refractivity (Wildman–Crippen MR) is 81.3 cm³/mol. The number of benzene rings is 1. The Labute approximate surface area is 122 Å². The number of rotatable bonds is 4.